The smallest absolute Gasteiger partial charge is 0.295 e. The molecule has 2 aromatic rings. The van der Waals surface area contributed by atoms with Crippen molar-refractivity contribution in [1.29, 1.82) is 0 Å². The number of benzene rings is 2. The summed E-state index contributed by atoms with van der Waals surface area (Å²) in [6.07, 6.45) is 3.83. The third kappa shape index (κ3) is 3.03. The molecule has 0 spiro atoms. The highest BCUT2D eigenvalue weighted by Gasteiger charge is 2.49. The van der Waals surface area contributed by atoms with E-state index in [0.29, 0.717) is 30.3 Å². The van der Waals surface area contributed by atoms with Gasteiger partial charge in [-0.15, -0.1) is 0 Å². The van der Waals surface area contributed by atoms with Crippen LogP contribution in [0.3, 0.4) is 0 Å². The van der Waals surface area contributed by atoms with E-state index >= 15 is 0 Å². The monoisotopic (exact) mass is 405 g/mol. The zero-order chi connectivity index (χ0) is 20.7. The van der Waals surface area contributed by atoms with E-state index in [0.717, 1.165) is 31.2 Å². The zero-order valence-electron chi connectivity index (χ0n) is 16.5. The summed E-state index contributed by atoms with van der Waals surface area (Å²) < 4.78 is 11.2. The van der Waals surface area contributed by atoms with Gasteiger partial charge in [-0.2, -0.15) is 0 Å². The molecule has 1 saturated carbocycles. The Morgan fingerprint density at radius 3 is 2.37 bits per heavy atom. The summed E-state index contributed by atoms with van der Waals surface area (Å²) in [6.45, 7) is 0.895. The second-order valence-corrected chi connectivity index (χ2v) is 7.91. The van der Waals surface area contributed by atoms with Crippen LogP contribution in [0.4, 0.5) is 0 Å². The van der Waals surface area contributed by atoms with Crippen molar-refractivity contribution in [1.82, 2.24) is 4.90 Å². The first-order valence-electron chi connectivity index (χ1n) is 10.4. The number of ether oxygens (including phenoxy) is 2. The number of likely N-dealkylation sites (tertiary alicyclic amines) is 1. The molecular weight excluding hydrogens is 382 g/mol. The molecule has 0 bridgehead atoms. The molecule has 6 heteroatoms. The highest BCUT2D eigenvalue weighted by Crippen LogP contribution is 2.44. The van der Waals surface area contributed by atoms with Gasteiger partial charge in [-0.25, -0.2) is 0 Å². The number of carbonyl (C=O) groups is 2. The summed E-state index contributed by atoms with van der Waals surface area (Å²) in [5.41, 5.74) is 1.39. The molecule has 6 nitrogen and oxygen atoms in total. The molecule has 5 rings (SSSR count). The highest BCUT2D eigenvalue weighted by molar-refractivity contribution is 6.46. The van der Waals surface area contributed by atoms with Gasteiger partial charge in [0.1, 0.15) is 19.0 Å². The summed E-state index contributed by atoms with van der Waals surface area (Å²) in [4.78, 5) is 27.8. The third-order valence-electron chi connectivity index (χ3n) is 6.13. The van der Waals surface area contributed by atoms with Gasteiger partial charge in [0.25, 0.3) is 11.7 Å². The van der Waals surface area contributed by atoms with Gasteiger partial charge in [0.15, 0.2) is 11.5 Å². The minimum Gasteiger partial charge on any atom is -0.507 e. The molecule has 3 aliphatic rings. The highest BCUT2D eigenvalue weighted by atomic mass is 16.6. The number of carbonyl (C=O) groups excluding carboxylic acids is 2. The first-order valence-corrected chi connectivity index (χ1v) is 10.4. The predicted octanol–water partition coefficient (Wildman–Crippen LogP) is 3.82. The Kier molecular flexibility index (Phi) is 4.69. The fraction of sp³-hybridized carbons (Fsp3) is 0.333. The molecule has 0 aromatic heterocycles. The second-order valence-electron chi connectivity index (χ2n) is 7.91. The second kappa shape index (κ2) is 7.52. The van der Waals surface area contributed by atoms with Crippen LogP contribution in [0.25, 0.3) is 5.76 Å². The SMILES string of the molecule is O=C1C(=O)N(C2CCCC2)C(c2ccccc2)/C1=C(/O)c1ccc2c(c1)OCCO2. The summed E-state index contributed by atoms with van der Waals surface area (Å²) >= 11 is 0. The number of aliphatic hydroxyl groups excluding tert-OH is 1. The fourth-order valence-electron chi connectivity index (χ4n) is 4.72. The van der Waals surface area contributed by atoms with Crippen LogP contribution >= 0.6 is 0 Å². The Bertz CT molecular complexity index is 1020. The maximum atomic E-state index is 13.1. The van der Waals surface area contributed by atoms with Gasteiger partial charge in [0, 0.05) is 11.6 Å². The largest absolute Gasteiger partial charge is 0.507 e. The first-order chi connectivity index (χ1) is 14.6. The van der Waals surface area contributed by atoms with E-state index in [1.165, 1.54) is 0 Å². The van der Waals surface area contributed by atoms with Crippen molar-refractivity contribution < 1.29 is 24.2 Å². The molecule has 1 saturated heterocycles. The quantitative estimate of drug-likeness (QED) is 0.477. The van der Waals surface area contributed by atoms with E-state index in [4.69, 9.17) is 9.47 Å². The van der Waals surface area contributed by atoms with E-state index < -0.39 is 17.7 Å². The van der Waals surface area contributed by atoms with Gasteiger partial charge in [-0.05, 0) is 36.6 Å². The summed E-state index contributed by atoms with van der Waals surface area (Å²) in [6, 6.07) is 13.9. The van der Waals surface area contributed by atoms with Crippen molar-refractivity contribution >= 4 is 17.4 Å². The molecular formula is C24H23NO5. The number of ketones is 1. The van der Waals surface area contributed by atoms with Crippen molar-refractivity contribution in [3.05, 3.63) is 65.2 Å². The number of Topliss-reactive ketones (excluding diaryl/α,β-unsaturated/α-hetero) is 1. The third-order valence-corrected chi connectivity index (χ3v) is 6.13. The molecule has 0 radical (unpaired) electrons. The topological polar surface area (TPSA) is 76.1 Å². The van der Waals surface area contributed by atoms with Gasteiger partial charge in [0.05, 0.1) is 11.6 Å². The average Bonchev–Trinajstić information content (AvgIpc) is 3.40. The Morgan fingerprint density at radius 2 is 1.63 bits per heavy atom. The number of rotatable bonds is 3. The molecule has 1 aliphatic carbocycles. The molecule has 2 aromatic carbocycles. The number of hydrogen-bond donors (Lipinski definition) is 1. The molecule has 2 fully saturated rings. The molecule has 1 atom stereocenters. The van der Waals surface area contributed by atoms with Gasteiger partial charge >= 0.3 is 0 Å². The van der Waals surface area contributed by atoms with Crippen LogP contribution in [0.1, 0.15) is 42.9 Å². The summed E-state index contributed by atoms with van der Waals surface area (Å²) in [5, 5.41) is 11.2. The summed E-state index contributed by atoms with van der Waals surface area (Å²) in [5.74, 6) is -0.229. The number of hydrogen-bond acceptors (Lipinski definition) is 5. The van der Waals surface area contributed by atoms with E-state index in [-0.39, 0.29) is 17.4 Å². The van der Waals surface area contributed by atoms with Gasteiger partial charge in [0.2, 0.25) is 0 Å². The Morgan fingerprint density at radius 1 is 0.933 bits per heavy atom. The summed E-state index contributed by atoms with van der Waals surface area (Å²) in [7, 11) is 0. The molecule has 1 amide bonds. The van der Waals surface area contributed by atoms with Crippen molar-refractivity contribution in [3.63, 3.8) is 0 Å². The van der Waals surface area contributed by atoms with Crippen LogP contribution in [0.2, 0.25) is 0 Å². The normalized spacial score (nSPS) is 23.2. The van der Waals surface area contributed by atoms with Crippen molar-refractivity contribution in [2.24, 2.45) is 0 Å². The Balaban J connectivity index is 1.64. The lowest BCUT2D eigenvalue weighted by molar-refractivity contribution is -0.141. The standard InChI is InChI=1S/C24H23NO5/c26-22(16-10-11-18-19(14-16)30-13-12-29-18)20-21(15-6-2-1-3-7-15)25(24(28)23(20)27)17-8-4-5-9-17/h1-3,6-7,10-11,14,17,21,26H,4-5,8-9,12-13H2/b22-20-. The predicted molar refractivity (Wildman–Crippen MR) is 110 cm³/mol. The lowest BCUT2D eigenvalue weighted by Gasteiger charge is -2.30. The van der Waals surface area contributed by atoms with Crippen molar-refractivity contribution in [3.8, 4) is 11.5 Å². The van der Waals surface area contributed by atoms with Crippen molar-refractivity contribution in [2.45, 2.75) is 37.8 Å². The van der Waals surface area contributed by atoms with Crippen LogP contribution in [-0.2, 0) is 9.59 Å². The minimum atomic E-state index is -0.636. The maximum absolute atomic E-state index is 13.1. The van der Waals surface area contributed by atoms with Gasteiger partial charge in [-0.3, -0.25) is 9.59 Å². The number of amides is 1. The molecule has 154 valence electrons. The lowest BCUT2D eigenvalue weighted by Crippen LogP contribution is -2.37. The molecule has 1 unspecified atom stereocenters. The maximum Gasteiger partial charge on any atom is 0.295 e. The van der Waals surface area contributed by atoms with E-state index in [1.54, 1.807) is 23.1 Å². The zero-order valence-corrected chi connectivity index (χ0v) is 16.5. The number of nitrogens with zero attached hydrogens (tertiary/aromatic N) is 1. The van der Waals surface area contributed by atoms with Crippen molar-refractivity contribution in [2.75, 3.05) is 13.2 Å². The van der Waals surface area contributed by atoms with Crippen LogP contribution in [0.15, 0.2) is 54.1 Å². The van der Waals surface area contributed by atoms with Crippen LogP contribution in [-0.4, -0.2) is 41.0 Å². The van der Waals surface area contributed by atoms with Gasteiger partial charge < -0.3 is 19.5 Å². The van der Waals surface area contributed by atoms with E-state index in [9.17, 15) is 14.7 Å². The van der Waals surface area contributed by atoms with E-state index in [2.05, 4.69) is 0 Å². The average molecular weight is 405 g/mol. The number of aliphatic hydroxyl groups is 1. The molecule has 2 aliphatic heterocycles. The Labute approximate surface area is 174 Å². The van der Waals surface area contributed by atoms with Gasteiger partial charge in [-0.1, -0.05) is 43.2 Å². The Hall–Kier alpha value is -3.28. The van der Waals surface area contributed by atoms with Crippen LogP contribution in [0, 0.1) is 0 Å². The fourth-order valence-corrected chi connectivity index (χ4v) is 4.72. The first kappa shape index (κ1) is 18.7. The number of fused-ring (bicyclic) bond motifs is 1. The van der Waals surface area contributed by atoms with E-state index in [1.807, 2.05) is 30.3 Å². The molecule has 1 N–H and O–H groups in total. The lowest BCUT2D eigenvalue weighted by atomic mass is 9.94. The minimum absolute atomic E-state index is 0.0113. The van der Waals surface area contributed by atoms with Crippen LogP contribution in [0.5, 0.6) is 11.5 Å². The van der Waals surface area contributed by atoms with Crippen LogP contribution < -0.4 is 9.47 Å². The molecule has 2 heterocycles. The molecule has 30 heavy (non-hydrogen) atoms.